The maximum Gasteiger partial charge on any atom is 0.109 e. The van der Waals surface area contributed by atoms with Crippen LogP contribution in [0.1, 0.15) is 0 Å². The van der Waals surface area contributed by atoms with E-state index in [0.29, 0.717) is 13.2 Å². The lowest BCUT2D eigenvalue weighted by Crippen LogP contribution is -2.25. The Hall–Kier alpha value is -0.120. The van der Waals surface area contributed by atoms with E-state index in [2.05, 4.69) is 0 Å². The topological polar surface area (TPSA) is 38.7 Å². The molecule has 3 heteroatoms. The molecule has 0 aromatic carbocycles. The molecule has 8 heavy (non-hydrogen) atoms. The second-order valence-corrected chi connectivity index (χ2v) is 1.88. The fraction of sp³-hybridized carbons (Fsp3) is 1.00. The highest BCUT2D eigenvalue weighted by molar-refractivity contribution is 4.73. The first-order valence-electron chi connectivity index (χ1n) is 2.63. The minimum atomic E-state index is -0.417. The van der Waals surface area contributed by atoms with Gasteiger partial charge in [0.2, 0.25) is 0 Å². The number of hydrogen-bond acceptors (Lipinski definition) is 3. The largest absolute Gasteiger partial charge is 0.388 e. The summed E-state index contributed by atoms with van der Waals surface area (Å²) in [5.74, 6) is 0. The van der Waals surface area contributed by atoms with E-state index < -0.39 is 6.10 Å². The van der Waals surface area contributed by atoms with Crippen molar-refractivity contribution in [1.29, 1.82) is 0 Å². The van der Waals surface area contributed by atoms with E-state index in [4.69, 9.17) is 14.6 Å². The van der Waals surface area contributed by atoms with Crippen LogP contribution in [-0.4, -0.2) is 37.6 Å². The average molecular weight is 118 g/mol. The third kappa shape index (κ3) is 0.992. The number of hydrogen-bond donors (Lipinski definition) is 1. The van der Waals surface area contributed by atoms with Crippen molar-refractivity contribution in [2.75, 3.05) is 20.3 Å². The van der Waals surface area contributed by atoms with E-state index in [1.165, 1.54) is 0 Å². The zero-order valence-electron chi connectivity index (χ0n) is 4.83. The summed E-state index contributed by atoms with van der Waals surface area (Å²) in [5, 5.41) is 8.94. The van der Waals surface area contributed by atoms with Crippen LogP contribution in [0.2, 0.25) is 0 Å². The Bertz CT molecular complexity index is 74.1. The zero-order valence-corrected chi connectivity index (χ0v) is 4.83. The van der Waals surface area contributed by atoms with Crippen LogP contribution in [0.4, 0.5) is 0 Å². The van der Waals surface area contributed by atoms with Crippen LogP contribution in [0, 0.1) is 0 Å². The molecule has 2 atom stereocenters. The first-order valence-corrected chi connectivity index (χ1v) is 2.63. The smallest absolute Gasteiger partial charge is 0.109 e. The Morgan fingerprint density at radius 2 is 2.38 bits per heavy atom. The minimum absolute atomic E-state index is 0.102. The SMILES string of the molecule is COC1COC[C@H]1O. The highest BCUT2D eigenvalue weighted by atomic mass is 16.6. The maximum absolute atomic E-state index is 8.94. The normalized spacial score (nSPS) is 38.2. The minimum Gasteiger partial charge on any atom is -0.388 e. The first kappa shape index (κ1) is 6.01. The van der Waals surface area contributed by atoms with Crippen LogP contribution in [0.15, 0.2) is 0 Å². The molecule has 1 saturated heterocycles. The van der Waals surface area contributed by atoms with Crippen molar-refractivity contribution in [3.05, 3.63) is 0 Å². The van der Waals surface area contributed by atoms with E-state index in [1.807, 2.05) is 0 Å². The molecule has 0 saturated carbocycles. The summed E-state index contributed by atoms with van der Waals surface area (Å²) in [6, 6.07) is 0. The van der Waals surface area contributed by atoms with Crippen molar-refractivity contribution in [1.82, 2.24) is 0 Å². The lowest BCUT2D eigenvalue weighted by molar-refractivity contribution is 0.0209. The summed E-state index contributed by atoms with van der Waals surface area (Å²) in [7, 11) is 1.57. The molecular weight excluding hydrogens is 108 g/mol. The van der Waals surface area contributed by atoms with Crippen LogP contribution < -0.4 is 0 Å². The van der Waals surface area contributed by atoms with Crippen molar-refractivity contribution in [3.63, 3.8) is 0 Å². The van der Waals surface area contributed by atoms with Gasteiger partial charge in [-0.05, 0) is 0 Å². The molecule has 48 valence electrons. The quantitative estimate of drug-likeness (QED) is 0.499. The Balaban J connectivity index is 2.30. The number of methoxy groups -OCH3 is 1. The molecule has 0 aromatic rings. The fourth-order valence-electron chi connectivity index (χ4n) is 0.748. The fourth-order valence-corrected chi connectivity index (χ4v) is 0.748. The molecule has 0 aliphatic carbocycles. The Kier molecular flexibility index (Phi) is 1.83. The predicted molar refractivity (Wildman–Crippen MR) is 27.6 cm³/mol. The van der Waals surface area contributed by atoms with Crippen LogP contribution in [-0.2, 0) is 9.47 Å². The molecule has 0 bridgehead atoms. The van der Waals surface area contributed by atoms with Crippen LogP contribution in [0.5, 0.6) is 0 Å². The lowest BCUT2D eigenvalue weighted by Gasteiger charge is -2.07. The third-order valence-corrected chi connectivity index (χ3v) is 1.30. The molecule has 1 aliphatic heterocycles. The molecule has 1 unspecified atom stereocenters. The van der Waals surface area contributed by atoms with Gasteiger partial charge in [0.15, 0.2) is 0 Å². The number of rotatable bonds is 1. The highest BCUT2D eigenvalue weighted by Crippen LogP contribution is 2.07. The summed E-state index contributed by atoms with van der Waals surface area (Å²) < 4.78 is 9.73. The van der Waals surface area contributed by atoms with E-state index >= 15 is 0 Å². The van der Waals surface area contributed by atoms with Gasteiger partial charge in [0.05, 0.1) is 13.2 Å². The predicted octanol–water partition coefficient (Wildman–Crippen LogP) is -0.608. The summed E-state index contributed by atoms with van der Waals surface area (Å²) >= 11 is 0. The van der Waals surface area contributed by atoms with E-state index in [1.54, 1.807) is 7.11 Å². The molecule has 1 N–H and O–H groups in total. The van der Waals surface area contributed by atoms with Crippen LogP contribution in [0.3, 0.4) is 0 Å². The number of aliphatic hydroxyl groups excluding tert-OH is 1. The molecular formula is C5H10O3. The first-order chi connectivity index (χ1) is 3.84. The standard InChI is InChI=1S/C5H10O3/c1-7-5-3-8-2-4(5)6/h4-6H,2-3H2,1H3/t4-,5?/m1/s1. The summed E-state index contributed by atoms with van der Waals surface area (Å²) in [6.07, 6.45) is -0.519. The highest BCUT2D eigenvalue weighted by Gasteiger charge is 2.25. The summed E-state index contributed by atoms with van der Waals surface area (Å²) in [5.41, 5.74) is 0. The molecule has 1 rings (SSSR count). The molecule has 1 aliphatic rings. The Morgan fingerprint density at radius 3 is 2.62 bits per heavy atom. The second-order valence-electron chi connectivity index (χ2n) is 1.88. The Morgan fingerprint density at radius 1 is 1.62 bits per heavy atom. The van der Waals surface area contributed by atoms with Crippen molar-refractivity contribution in [2.24, 2.45) is 0 Å². The van der Waals surface area contributed by atoms with E-state index in [-0.39, 0.29) is 6.10 Å². The summed E-state index contributed by atoms with van der Waals surface area (Å²) in [6.45, 7) is 0.941. The molecule has 0 aromatic heterocycles. The molecule has 0 amide bonds. The maximum atomic E-state index is 8.94. The van der Waals surface area contributed by atoms with Crippen molar-refractivity contribution in [2.45, 2.75) is 12.2 Å². The van der Waals surface area contributed by atoms with Gasteiger partial charge in [0.1, 0.15) is 12.2 Å². The van der Waals surface area contributed by atoms with Gasteiger partial charge in [-0.3, -0.25) is 0 Å². The van der Waals surface area contributed by atoms with Crippen molar-refractivity contribution in [3.8, 4) is 0 Å². The van der Waals surface area contributed by atoms with Crippen molar-refractivity contribution >= 4 is 0 Å². The van der Waals surface area contributed by atoms with Gasteiger partial charge in [-0.2, -0.15) is 0 Å². The number of ether oxygens (including phenoxy) is 2. The molecule has 0 spiro atoms. The monoisotopic (exact) mass is 118 g/mol. The molecule has 0 radical (unpaired) electrons. The van der Waals surface area contributed by atoms with E-state index in [0.717, 1.165) is 0 Å². The molecule has 3 nitrogen and oxygen atoms in total. The van der Waals surface area contributed by atoms with Crippen molar-refractivity contribution < 1.29 is 14.6 Å². The third-order valence-electron chi connectivity index (χ3n) is 1.30. The van der Waals surface area contributed by atoms with Crippen LogP contribution >= 0.6 is 0 Å². The van der Waals surface area contributed by atoms with Gasteiger partial charge in [0.25, 0.3) is 0 Å². The van der Waals surface area contributed by atoms with Gasteiger partial charge >= 0.3 is 0 Å². The van der Waals surface area contributed by atoms with Gasteiger partial charge in [-0.25, -0.2) is 0 Å². The van der Waals surface area contributed by atoms with Gasteiger partial charge in [0, 0.05) is 7.11 Å². The average Bonchev–Trinajstić information content (AvgIpc) is 2.14. The molecule has 1 heterocycles. The Labute approximate surface area is 48.2 Å². The van der Waals surface area contributed by atoms with Gasteiger partial charge < -0.3 is 14.6 Å². The van der Waals surface area contributed by atoms with Gasteiger partial charge in [-0.1, -0.05) is 0 Å². The number of aliphatic hydroxyl groups is 1. The zero-order chi connectivity index (χ0) is 5.98. The second kappa shape index (κ2) is 2.44. The van der Waals surface area contributed by atoms with E-state index in [9.17, 15) is 0 Å². The summed E-state index contributed by atoms with van der Waals surface area (Å²) in [4.78, 5) is 0. The van der Waals surface area contributed by atoms with Crippen LogP contribution in [0.25, 0.3) is 0 Å². The molecule has 1 fully saturated rings. The van der Waals surface area contributed by atoms with Gasteiger partial charge in [-0.15, -0.1) is 0 Å². The lowest BCUT2D eigenvalue weighted by atomic mass is 10.3.